The van der Waals surface area contributed by atoms with Crippen LogP contribution in [0, 0.1) is 5.82 Å². The first-order chi connectivity index (χ1) is 10.9. The zero-order chi connectivity index (χ0) is 17.2. The van der Waals surface area contributed by atoms with E-state index in [9.17, 15) is 18.8 Å². The Labute approximate surface area is 133 Å². The molecule has 2 N–H and O–H groups in total. The van der Waals surface area contributed by atoms with Gasteiger partial charge in [0.2, 0.25) is 0 Å². The zero-order valence-electron chi connectivity index (χ0n) is 12.9. The maximum absolute atomic E-state index is 12.7. The SMILES string of the molecule is CCCNC(=O)NC(=O)COC(=O)[C@@H](C)Oc1ccc(F)cc1. The third kappa shape index (κ3) is 7.25. The van der Waals surface area contributed by atoms with Gasteiger partial charge in [-0.15, -0.1) is 0 Å². The first-order valence-corrected chi connectivity index (χ1v) is 7.09. The number of urea groups is 1. The molecule has 0 saturated heterocycles. The van der Waals surface area contributed by atoms with Crippen molar-refractivity contribution in [1.29, 1.82) is 0 Å². The first kappa shape index (κ1) is 18.4. The van der Waals surface area contributed by atoms with Crippen molar-refractivity contribution in [3.63, 3.8) is 0 Å². The summed E-state index contributed by atoms with van der Waals surface area (Å²) in [4.78, 5) is 34.3. The Bertz CT molecular complexity index is 547. The van der Waals surface area contributed by atoms with Gasteiger partial charge in [-0.3, -0.25) is 10.1 Å². The number of benzene rings is 1. The molecule has 0 bridgehead atoms. The van der Waals surface area contributed by atoms with Gasteiger partial charge in [-0.1, -0.05) is 6.92 Å². The zero-order valence-corrected chi connectivity index (χ0v) is 12.9. The Morgan fingerprint density at radius 1 is 1.22 bits per heavy atom. The standard InChI is InChI=1S/C15H19FN2O5/c1-3-8-17-15(21)18-13(19)9-22-14(20)10(2)23-12-6-4-11(16)5-7-12/h4-7,10H,3,8-9H2,1-2H3,(H2,17,18,19,21)/t10-/m1/s1. The van der Waals surface area contributed by atoms with Crippen LogP contribution in [0.3, 0.4) is 0 Å². The summed E-state index contributed by atoms with van der Waals surface area (Å²) in [7, 11) is 0. The van der Waals surface area contributed by atoms with Crippen LogP contribution in [0.15, 0.2) is 24.3 Å². The quantitative estimate of drug-likeness (QED) is 0.738. The second-order valence-electron chi connectivity index (χ2n) is 4.63. The number of ether oxygens (including phenoxy) is 2. The second-order valence-corrected chi connectivity index (χ2v) is 4.63. The van der Waals surface area contributed by atoms with Gasteiger partial charge >= 0.3 is 12.0 Å². The Morgan fingerprint density at radius 2 is 1.87 bits per heavy atom. The number of nitrogens with one attached hydrogen (secondary N) is 2. The molecule has 23 heavy (non-hydrogen) atoms. The fraction of sp³-hybridized carbons (Fsp3) is 0.400. The lowest BCUT2D eigenvalue weighted by Gasteiger charge is -2.13. The molecule has 1 rings (SSSR count). The molecule has 0 heterocycles. The number of hydrogen-bond donors (Lipinski definition) is 2. The number of carbonyl (C=O) groups excluding carboxylic acids is 3. The van der Waals surface area contributed by atoms with Crippen molar-refractivity contribution >= 4 is 17.9 Å². The predicted octanol–water partition coefficient (Wildman–Crippen LogP) is 1.37. The van der Waals surface area contributed by atoms with E-state index < -0.39 is 36.4 Å². The number of esters is 1. The van der Waals surface area contributed by atoms with Crippen LogP contribution in [0.25, 0.3) is 0 Å². The minimum atomic E-state index is -0.984. The van der Waals surface area contributed by atoms with Crippen molar-refractivity contribution in [2.75, 3.05) is 13.2 Å². The summed E-state index contributed by atoms with van der Waals surface area (Å²) in [5.41, 5.74) is 0. The molecule has 0 spiro atoms. The number of amides is 3. The summed E-state index contributed by atoms with van der Waals surface area (Å²) in [6.45, 7) is 3.13. The number of rotatable bonds is 7. The molecule has 0 saturated carbocycles. The van der Waals surface area contributed by atoms with Gasteiger partial charge < -0.3 is 14.8 Å². The minimum Gasteiger partial charge on any atom is -0.479 e. The van der Waals surface area contributed by atoms with Crippen LogP contribution in [0.2, 0.25) is 0 Å². The lowest BCUT2D eigenvalue weighted by Crippen LogP contribution is -2.42. The summed E-state index contributed by atoms with van der Waals surface area (Å²) in [6.07, 6.45) is -0.253. The van der Waals surface area contributed by atoms with Crippen molar-refractivity contribution < 1.29 is 28.2 Å². The van der Waals surface area contributed by atoms with Gasteiger partial charge in [-0.25, -0.2) is 14.0 Å². The van der Waals surface area contributed by atoms with Gasteiger partial charge in [-0.2, -0.15) is 0 Å². The fourth-order valence-electron chi connectivity index (χ4n) is 1.46. The molecule has 0 unspecified atom stereocenters. The van der Waals surface area contributed by atoms with E-state index in [-0.39, 0.29) is 0 Å². The summed E-state index contributed by atoms with van der Waals surface area (Å²) < 4.78 is 22.7. The minimum absolute atomic E-state index is 0.291. The highest BCUT2D eigenvalue weighted by molar-refractivity contribution is 5.95. The van der Waals surface area contributed by atoms with E-state index in [1.54, 1.807) is 0 Å². The predicted molar refractivity (Wildman–Crippen MR) is 79.3 cm³/mol. The highest BCUT2D eigenvalue weighted by atomic mass is 19.1. The Kier molecular flexibility index (Phi) is 7.52. The van der Waals surface area contributed by atoms with E-state index in [2.05, 4.69) is 5.32 Å². The molecule has 0 fully saturated rings. The van der Waals surface area contributed by atoms with Crippen molar-refractivity contribution in [3.05, 3.63) is 30.1 Å². The smallest absolute Gasteiger partial charge is 0.347 e. The molecule has 0 aliphatic heterocycles. The van der Waals surface area contributed by atoms with Crippen LogP contribution in [0.4, 0.5) is 9.18 Å². The monoisotopic (exact) mass is 326 g/mol. The fourth-order valence-corrected chi connectivity index (χ4v) is 1.46. The van der Waals surface area contributed by atoms with Crippen LogP contribution >= 0.6 is 0 Å². The summed E-state index contributed by atoms with van der Waals surface area (Å²) in [5.74, 6) is -1.66. The molecule has 3 amide bonds. The first-order valence-electron chi connectivity index (χ1n) is 7.09. The van der Waals surface area contributed by atoms with Crippen LogP contribution < -0.4 is 15.4 Å². The maximum Gasteiger partial charge on any atom is 0.347 e. The van der Waals surface area contributed by atoms with E-state index in [1.165, 1.54) is 31.2 Å². The van der Waals surface area contributed by atoms with E-state index >= 15 is 0 Å². The third-order valence-electron chi connectivity index (χ3n) is 2.59. The molecular formula is C15H19FN2O5. The van der Waals surface area contributed by atoms with E-state index in [0.717, 1.165) is 6.42 Å². The highest BCUT2D eigenvalue weighted by Crippen LogP contribution is 2.13. The lowest BCUT2D eigenvalue weighted by molar-refractivity contribution is -0.154. The van der Waals surface area contributed by atoms with E-state index in [0.29, 0.717) is 12.3 Å². The molecular weight excluding hydrogens is 307 g/mol. The third-order valence-corrected chi connectivity index (χ3v) is 2.59. The molecule has 0 radical (unpaired) electrons. The topological polar surface area (TPSA) is 93.7 Å². The van der Waals surface area contributed by atoms with Gasteiger partial charge in [0.15, 0.2) is 12.7 Å². The van der Waals surface area contributed by atoms with Gasteiger partial charge in [0.05, 0.1) is 0 Å². The maximum atomic E-state index is 12.7. The van der Waals surface area contributed by atoms with Crippen molar-refractivity contribution in [1.82, 2.24) is 10.6 Å². The largest absolute Gasteiger partial charge is 0.479 e. The van der Waals surface area contributed by atoms with Crippen molar-refractivity contribution in [2.45, 2.75) is 26.4 Å². The normalized spacial score (nSPS) is 11.3. The molecule has 0 aromatic heterocycles. The highest BCUT2D eigenvalue weighted by Gasteiger charge is 2.18. The summed E-state index contributed by atoms with van der Waals surface area (Å²) in [6, 6.07) is 4.46. The number of hydrogen-bond acceptors (Lipinski definition) is 5. The Morgan fingerprint density at radius 3 is 2.48 bits per heavy atom. The van der Waals surface area contributed by atoms with Crippen LogP contribution in [-0.2, 0) is 14.3 Å². The van der Waals surface area contributed by atoms with E-state index in [1.807, 2.05) is 12.2 Å². The van der Waals surface area contributed by atoms with Gasteiger partial charge in [0.1, 0.15) is 11.6 Å². The van der Waals surface area contributed by atoms with Gasteiger partial charge in [-0.05, 0) is 37.6 Å². The van der Waals surface area contributed by atoms with Crippen molar-refractivity contribution in [2.24, 2.45) is 0 Å². The number of halogens is 1. The molecule has 8 heteroatoms. The van der Waals surface area contributed by atoms with Gasteiger partial charge in [0, 0.05) is 6.54 Å². The molecule has 1 atom stereocenters. The van der Waals surface area contributed by atoms with Crippen LogP contribution in [0.1, 0.15) is 20.3 Å². The molecule has 1 aromatic rings. The average molecular weight is 326 g/mol. The van der Waals surface area contributed by atoms with Crippen LogP contribution in [0.5, 0.6) is 5.75 Å². The van der Waals surface area contributed by atoms with Gasteiger partial charge in [0.25, 0.3) is 5.91 Å². The molecule has 0 aliphatic rings. The van der Waals surface area contributed by atoms with E-state index in [4.69, 9.17) is 9.47 Å². The summed E-state index contributed by atoms with van der Waals surface area (Å²) >= 11 is 0. The molecule has 7 nitrogen and oxygen atoms in total. The Balaban J connectivity index is 2.33. The second kappa shape index (κ2) is 9.39. The number of imide groups is 1. The van der Waals surface area contributed by atoms with Crippen molar-refractivity contribution in [3.8, 4) is 5.75 Å². The molecule has 126 valence electrons. The van der Waals surface area contributed by atoms with Crippen LogP contribution in [-0.4, -0.2) is 37.2 Å². The molecule has 1 aromatic carbocycles. The average Bonchev–Trinajstić information content (AvgIpc) is 2.52. The number of carbonyl (C=O) groups is 3. The Hall–Kier alpha value is -2.64. The lowest BCUT2D eigenvalue weighted by atomic mass is 10.3. The summed E-state index contributed by atoms with van der Waals surface area (Å²) in [5, 5.41) is 4.46. The molecule has 0 aliphatic carbocycles.